The van der Waals surface area contributed by atoms with Gasteiger partial charge in [-0.1, -0.05) is 0 Å². The molecule has 0 spiro atoms. The highest BCUT2D eigenvalue weighted by Gasteiger charge is 2.21. The number of likely N-dealkylation sites (tertiary alicyclic amines) is 1. The number of carbonyl (C=O) groups excluding carboxylic acids is 1. The van der Waals surface area contributed by atoms with E-state index < -0.39 is 5.91 Å². The van der Waals surface area contributed by atoms with Gasteiger partial charge in [-0.3, -0.25) is 14.7 Å². The van der Waals surface area contributed by atoms with Gasteiger partial charge < -0.3 is 15.5 Å². The number of primary amides is 1. The molecule has 0 radical (unpaired) electrons. The van der Waals surface area contributed by atoms with Crippen LogP contribution in [0, 0.1) is 19.8 Å². The second-order valence-corrected chi connectivity index (χ2v) is 6.64. The van der Waals surface area contributed by atoms with Gasteiger partial charge in [-0.05, 0) is 51.8 Å². The minimum absolute atomic E-state index is 0.439. The molecule has 0 unspecified atom stereocenters. The largest absolute Gasteiger partial charge is 0.444 e. The average molecular weight is 343 g/mol. The van der Waals surface area contributed by atoms with E-state index in [0.29, 0.717) is 11.5 Å². The zero-order valence-corrected chi connectivity index (χ0v) is 14.8. The molecule has 3 heterocycles. The Morgan fingerprint density at radius 3 is 2.80 bits per heavy atom. The fraction of sp³-hybridized carbons (Fsp3) is 0.500. The van der Waals surface area contributed by atoms with Gasteiger partial charge in [-0.25, -0.2) is 4.98 Å². The molecular formula is C18H25N5O2. The zero-order chi connectivity index (χ0) is 17.8. The van der Waals surface area contributed by atoms with Gasteiger partial charge in [0.25, 0.3) is 5.91 Å². The van der Waals surface area contributed by atoms with E-state index in [1.807, 2.05) is 13.8 Å². The fourth-order valence-corrected chi connectivity index (χ4v) is 3.15. The first kappa shape index (κ1) is 17.4. The van der Waals surface area contributed by atoms with E-state index in [4.69, 9.17) is 10.2 Å². The van der Waals surface area contributed by atoms with E-state index in [1.54, 1.807) is 12.3 Å². The maximum Gasteiger partial charge on any atom is 0.252 e. The van der Waals surface area contributed by atoms with E-state index >= 15 is 0 Å². The van der Waals surface area contributed by atoms with Crippen LogP contribution in [0.3, 0.4) is 0 Å². The lowest BCUT2D eigenvalue weighted by Crippen LogP contribution is -2.35. The summed E-state index contributed by atoms with van der Waals surface area (Å²) in [6.07, 6.45) is 5.37. The molecule has 134 valence electrons. The third-order valence-corrected chi connectivity index (χ3v) is 4.81. The van der Waals surface area contributed by atoms with Gasteiger partial charge in [0, 0.05) is 18.9 Å². The minimum Gasteiger partial charge on any atom is -0.444 e. The molecule has 0 aromatic carbocycles. The maximum atomic E-state index is 11.4. The second-order valence-electron chi connectivity index (χ2n) is 6.64. The fourth-order valence-electron chi connectivity index (χ4n) is 3.15. The number of hydrogen-bond donors (Lipinski definition) is 2. The molecule has 1 saturated heterocycles. The molecule has 1 aliphatic rings. The van der Waals surface area contributed by atoms with Crippen molar-refractivity contribution in [3.05, 3.63) is 41.4 Å². The highest BCUT2D eigenvalue weighted by atomic mass is 16.4. The summed E-state index contributed by atoms with van der Waals surface area (Å²) in [7, 11) is 0. The van der Waals surface area contributed by atoms with E-state index in [9.17, 15) is 4.79 Å². The monoisotopic (exact) mass is 343 g/mol. The summed E-state index contributed by atoms with van der Waals surface area (Å²) in [5, 5.41) is 3.35. The Kier molecular flexibility index (Phi) is 5.33. The summed E-state index contributed by atoms with van der Waals surface area (Å²) >= 11 is 0. The van der Waals surface area contributed by atoms with Crippen molar-refractivity contribution in [1.82, 2.24) is 14.9 Å². The molecule has 0 atom stereocenters. The first-order chi connectivity index (χ1) is 12.0. The van der Waals surface area contributed by atoms with Gasteiger partial charge in [0.2, 0.25) is 5.89 Å². The van der Waals surface area contributed by atoms with Crippen molar-refractivity contribution in [3.63, 3.8) is 0 Å². The van der Waals surface area contributed by atoms with Gasteiger partial charge in [0.05, 0.1) is 23.5 Å². The summed E-state index contributed by atoms with van der Waals surface area (Å²) < 4.78 is 5.67. The molecule has 2 aromatic heterocycles. The van der Waals surface area contributed by atoms with E-state index in [0.717, 1.165) is 62.1 Å². The zero-order valence-electron chi connectivity index (χ0n) is 14.8. The molecule has 1 fully saturated rings. The van der Waals surface area contributed by atoms with Crippen molar-refractivity contribution in [2.45, 2.75) is 33.2 Å². The van der Waals surface area contributed by atoms with E-state index in [1.165, 1.54) is 6.20 Å². The van der Waals surface area contributed by atoms with Gasteiger partial charge in [0.1, 0.15) is 5.76 Å². The quantitative estimate of drug-likeness (QED) is 0.834. The highest BCUT2D eigenvalue weighted by molar-refractivity contribution is 5.98. The van der Waals surface area contributed by atoms with E-state index in [2.05, 4.69) is 20.2 Å². The summed E-state index contributed by atoms with van der Waals surface area (Å²) in [4.78, 5) is 22.2. The molecule has 0 aliphatic carbocycles. The number of nitrogens with two attached hydrogens (primary N) is 1. The van der Waals surface area contributed by atoms with Crippen LogP contribution in [0.15, 0.2) is 22.9 Å². The van der Waals surface area contributed by atoms with Crippen LogP contribution < -0.4 is 11.1 Å². The number of nitrogens with zero attached hydrogens (tertiary/aromatic N) is 3. The Hall–Kier alpha value is -2.41. The number of rotatable bonds is 6. The molecule has 3 N–H and O–H groups in total. The lowest BCUT2D eigenvalue weighted by molar-refractivity contribution is 0.100. The lowest BCUT2D eigenvalue weighted by Gasteiger charge is -2.31. The van der Waals surface area contributed by atoms with Crippen LogP contribution in [0.25, 0.3) is 0 Å². The summed E-state index contributed by atoms with van der Waals surface area (Å²) in [6.45, 7) is 7.56. The number of anilines is 1. The molecule has 7 heteroatoms. The van der Waals surface area contributed by atoms with Crippen molar-refractivity contribution in [2.24, 2.45) is 11.7 Å². The van der Waals surface area contributed by atoms with Crippen LogP contribution in [0.5, 0.6) is 0 Å². The number of carbonyl (C=O) groups is 1. The first-order valence-electron chi connectivity index (χ1n) is 8.66. The summed E-state index contributed by atoms with van der Waals surface area (Å²) in [5.41, 5.74) is 7.56. The third kappa shape index (κ3) is 4.36. The molecular weight excluding hydrogens is 318 g/mol. The maximum absolute atomic E-state index is 11.4. The molecule has 3 rings (SSSR count). The van der Waals surface area contributed by atoms with Gasteiger partial charge in [-0.15, -0.1) is 0 Å². The van der Waals surface area contributed by atoms with Crippen molar-refractivity contribution < 1.29 is 9.21 Å². The lowest BCUT2D eigenvalue weighted by atomic mass is 9.96. The van der Waals surface area contributed by atoms with Crippen LogP contribution >= 0.6 is 0 Å². The topological polar surface area (TPSA) is 97.3 Å². The normalized spacial score (nSPS) is 16.1. The predicted molar refractivity (Wildman–Crippen MR) is 95.2 cm³/mol. The second kappa shape index (κ2) is 7.65. The van der Waals surface area contributed by atoms with Crippen LogP contribution in [0.4, 0.5) is 5.69 Å². The van der Waals surface area contributed by atoms with Crippen molar-refractivity contribution in [3.8, 4) is 0 Å². The van der Waals surface area contributed by atoms with Gasteiger partial charge >= 0.3 is 0 Å². The number of piperidine rings is 1. The molecule has 25 heavy (non-hydrogen) atoms. The van der Waals surface area contributed by atoms with Crippen LogP contribution in [0.2, 0.25) is 0 Å². The van der Waals surface area contributed by atoms with Crippen LogP contribution in [-0.4, -0.2) is 40.4 Å². The number of aryl methyl sites for hydroxylation is 2. The predicted octanol–water partition coefficient (Wildman–Crippen LogP) is 2.11. The Bertz CT molecular complexity index is 715. The highest BCUT2D eigenvalue weighted by Crippen LogP contribution is 2.21. The number of pyridine rings is 1. The van der Waals surface area contributed by atoms with Crippen molar-refractivity contribution in [1.29, 1.82) is 0 Å². The summed E-state index contributed by atoms with van der Waals surface area (Å²) in [6, 6.07) is 1.79. The smallest absolute Gasteiger partial charge is 0.252 e. The summed E-state index contributed by atoms with van der Waals surface area (Å²) in [5.74, 6) is 1.81. The Balaban J connectivity index is 1.47. The van der Waals surface area contributed by atoms with Crippen LogP contribution in [-0.2, 0) is 6.54 Å². The van der Waals surface area contributed by atoms with Crippen LogP contribution in [0.1, 0.15) is 40.5 Å². The molecule has 2 aromatic rings. The molecule has 1 amide bonds. The van der Waals surface area contributed by atoms with Gasteiger partial charge in [0.15, 0.2) is 0 Å². The number of aromatic nitrogens is 2. The molecule has 0 bridgehead atoms. The SMILES string of the molecule is Cc1nc(CN2CCC(CNc3ccncc3C(N)=O)CC2)oc1C. The molecule has 0 saturated carbocycles. The standard InChI is InChI=1S/C18H25N5O2/c1-12-13(2)25-17(22-12)11-23-7-4-14(5-8-23)9-21-16-3-6-20-10-15(16)18(19)24/h3,6,10,14H,4-5,7-9,11H2,1-2H3,(H2,19,24)(H,20,21). The Labute approximate surface area is 147 Å². The average Bonchev–Trinajstić information content (AvgIpc) is 2.92. The number of oxazole rings is 1. The number of nitrogens with one attached hydrogen (secondary N) is 1. The third-order valence-electron chi connectivity index (χ3n) is 4.81. The number of hydrogen-bond acceptors (Lipinski definition) is 6. The first-order valence-corrected chi connectivity index (χ1v) is 8.66. The van der Waals surface area contributed by atoms with Crippen molar-refractivity contribution >= 4 is 11.6 Å². The van der Waals surface area contributed by atoms with E-state index in [-0.39, 0.29) is 0 Å². The van der Waals surface area contributed by atoms with Crippen molar-refractivity contribution in [2.75, 3.05) is 25.0 Å². The molecule has 7 nitrogen and oxygen atoms in total. The Morgan fingerprint density at radius 1 is 1.40 bits per heavy atom. The molecule has 1 aliphatic heterocycles. The minimum atomic E-state index is -0.457. The Morgan fingerprint density at radius 2 is 2.16 bits per heavy atom. The number of amides is 1. The van der Waals surface area contributed by atoms with Gasteiger partial charge in [-0.2, -0.15) is 0 Å².